The first-order valence-electron chi connectivity index (χ1n) is 8.56. The van der Waals surface area contributed by atoms with Gasteiger partial charge < -0.3 is 0 Å². The van der Waals surface area contributed by atoms with E-state index in [4.69, 9.17) is 5.10 Å². The SMILES string of the molecule is C[C@@H](c1cc2cn[nH]c2cc1F)c1cnc2ccc(-c3cnn(C)c3)nn12. The number of aromatic amines is 1. The Bertz CT molecular complexity index is 1280. The van der Waals surface area contributed by atoms with Crippen LogP contribution in [0.4, 0.5) is 4.39 Å². The molecule has 7 nitrogen and oxygen atoms in total. The first kappa shape index (κ1) is 15.7. The van der Waals surface area contributed by atoms with Gasteiger partial charge in [0.15, 0.2) is 5.65 Å². The largest absolute Gasteiger partial charge is 0.278 e. The molecule has 0 bridgehead atoms. The molecule has 4 aromatic heterocycles. The van der Waals surface area contributed by atoms with Gasteiger partial charge in [-0.1, -0.05) is 6.92 Å². The topological polar surface area (TPSA) is 76.7 Å². The van der Waals surface area contributed by atoms with Crippen LogP contribution in [0.15, 0.2) is 49.1 Å². The van der Waals surface area contributed by atoms with Crippen molar-refractivity contribution in [1.29, 1.82) is 0 Å². The maximum absolute atomic E-state index is 14.7. The van der Waals surface area contributed by atoms with E-state index in [2.05, 4.69) is 20.3 Å². The average Bonchev–Trinajstić information content (AvgIpc) is 3.38. The highest BCUT2D eigenvalue weighted by atomic mass is 19.1. The van der Waals surface area contributed by atoms with Crippen LogP contribution in [0.1, 0.15) is 24.1 Å². The molecule has 134 valence electrons. The van der Waals surface area contributed by atoms with E-state index in [1.54, 1.807) is 27.8 Å². The number of nitrogens with zero attached hydrogens (tertiary/aromatic N) is 6. The van der Waals surface area contributed by atoms with Crippen molar-refractivity contribution in [2.24, 2.45) is 7.05 Å². The summed E-state index contributed by atoms with van der Waals surface area (Å²) in [4.78, 5) is 4.43. The van der Waals surface area contributed by atoms with Gasteiger partial charge in [-0.2, -0.15) is 15.3 Å². The highest BCUT2D eigenvalue weighted by molar-refractivity contribution is 5.79. The lowest BCUT2D eigenvalue weighted by molar-refractivity contribution is 0.600. The van der Waals surface area contributed by atoms with E-state index in [1.165, 1.54) is 6.07 Å². The van der Waals surface area contributed by atoms with Gasteiger partial charge in [0.05, 0.1) is 35.5 Å². The summed E-state index contributed by atoms with van der Waals surface area (Å²) in [7, 11) is 1.86. The van der Waals surface area contributed by atoms with Crippen LogP contribution < -0.4 is 0 Å². The Morgan fingerprint density at radius 2 is 2.04 bits per heavy atom. The molecule has 0 saturated heterocycles. The van der Waals surface area contributed by atoms with Crippen LogP contribution in [0.5, 0.6) is 0 Å². The second-order valence-electron chi connectivity index (χ2n) is 6.63. The Hall–Kier alpha value is -3.55. The summed E-state index contributed by atoms with van der Waals surface area (Å²) >= 11 is 0. The molecule has 0 spiro atoms. The highest BCUT2D eigenvalue weighted by Crippen LogP contribution is 2.30. The normalized spacial score (nSPS) is 12.9. The van der Waals surface area contributed by atoms with E-state index in [0.29, 0.717) is 16.7 Å². The van der Waals surface area contributed by atoms with Crippen LogP contribution in [0.25, 0.3) is 27.8 Å². The fourth-order valence-corrected chi connectivity index (χ4v) is 3.37. The van der Waals surface area contributed by atoms with Crippen molar-refractivity contribution in [2.45, 2.75) is 12.8 Å². The molecule has 0 aliphatic rings. The van der Waals surface area contributed by atoms with Gasteiger partial charge in [0.2, 0.25) is 0 Å². The number of fused-ring (bicyclic) bond motifs is 2. The van der Waals surface area contributed by atoms with Crippen molar-refractivity contribution in [3.63, 3.8) is 0 Å². The van der Waals surface area contributed by atoms with Crippen molar-refractivity contribution in [2.75, 3.05) is 0 Å². The number of H-pyrrole nitrogens is 1. The summed E-state index contributed by atoms with van der Waals surface area (Å²) in [6.07, 6.45) is 7.11. The summed E-state index contributed by atoms with van der Waals surface area (Å²) in [5.41, 5.74) is 4.50. The van der Waals surface area contributed by atoms with Crippen LogP contribution >= 0.6 is 0 Å². The fraction of sp³-hybridized carbons (Fsp3) is 0.158. The number of hydrogen-bond acceptors (Lipinski definition) is 4. The Morgan fingerprint density at radius 1 is 1.15 bits per heavy atom. The predicted octanol–water partition coefficient (Wildman–Crippen LogP) is 3.30. The van der Waals surface area contributed by atoms with E-state index >= 15 is 0 Å². The minimum Gasteiger partial charge on any atom is -0.278 e. The number of imidazole rings is 1. The summed E-state index contributed by atoms with van der Waals surface area (Å²) in [5, 5.41) is 16.5. The lowest BCUT2D eigenvalue weighted by atomic mass is 9.96. The monoisotopic (exact) mass is 361 g/mol. The summed E-state index contributed by atoms with van der Waals surface area (Å²) < 4.78 is 18.2. The number of benzene rings is 1. The molecule has 8 heteroatoms. The molecular formula is C19H16FN7. The zero-order chi connectivity index (χ0) is 18.5. The second-order valence-corrected chi connectivity index (χ2v) is 6.63. The number of nitrogens with one attached hydrogen (secondary N) is 1. The molecule has 1 atom stereocenters. The van der Waals surface area contributed by atoms with E-state index in [9.17, 15) is 4.39 Å². The second kappa shape index (κ2) is 5.73. The Kier molecular flexibility index (Phi) is 3.33. The van der Waals surface area contributed by atoms with Crippen molar-refractivity contribution < 1.29 is 4.39 Å². The third-order valence-electron chi connectivity index (χ3n) is 4.86. The number of halogens is 1. The number of aryl methyl sites for hydroxylation is 1. The molecule has 1 N–H and O–H groups in total. The first-order chi connectivity index (χ1) is 13.1. The third-order valence-corrected chi connectivity index (χ3v) is 4.86. The van der Waals surface area contributed by atoms with Crippen molar-refractivity contribution in [1.82, 2.24) is 34.6 Å². The number of aromatic nitrogens is 7. The fourth-order valence-electron chi connectivity index (χ4n) is 3.37. The van der Waals surface area contributed by atoms with E-state index < -0.39 is 0 Å². The van der Waals surface area contributed by atoms with Crippen LogP contribution in [0, 0.1) is 5.82 Å². The maximum atomic E-state index is 14.7. The first-order valence-corrected chi connectivity index (χ1v) is 8.56. The standard InChI is InChI=1S/C19H16FN7/c1-11(14-5-12-7-22-24-17(12)6-15(14)20)18-9-21-19-4-3-16(25-27(18)19)13-8-23-26(2)10-13/h3-11H,1-2H3,(H,22,24)/t11-/m0/s1. The Labute approximate surface area is 153 Å². The molecule has 0 aliphatic heterocycles. The van der Waals surface area contributed by atoms with Crippen molar-refractivity contribution >= 4 is 16.6 Å². The van der Waals surface area contributed by atoms with Gasteiger partial charge in [0.1, 0.15) is 5.82 Å². The molecule has 0 saturated carbocycles. The van der Waals surface area contributed by atoms with E-state index in [0.717, 1.165) is 22.3 Å². The van der Waals surface area contributed by atoms with Crippen molar-refractivity contribution in [3.8, 4) is 11.3 Å². The molecule has 27 heavy (non-hydrogen) atoms. The van der Waals surface area contributed by atoms with E-state index in [-0.39, 0.29) is 11.7 Å². The van der Waals surface area contributed by atoms with Crippen LogP contribution in [0.3, 0.4) is 0 Å². The molecule has 0 radical (unpaired) electrons. The Morgan fingerprint density at radius 3 is 2.85 bits per heavy atom. The third kappa shape index (κ3) is 2.49. The summed E-state index contributed by atoms with van der Waals surface area (Å²) in [6.45, 7) is 1.95. The minimum atomic E-state index is -0.280. The molecular weight excluding hydrogens is 345 g/mol. The quantitative estimate of drug-likeness (QED) is 0.535. The van der Waals surface area contributed by atoms with Gasteiger partial charge in [-0.15, -0.1) is 0 Å². The molecule has 5 aromatic rings. The van der Waals surface area contributed by atoms with Gasteiger partial charge in [0.25, 0.3) is 0 Å². The average molecular weight is 361 g/mol. The molecule has 4 heterocycles. The maximum Gasteiger partial charge on any atom is 0.153 e. The Balaban J connectivity index is 1.63. The summed E-state index contributed by atoms with van der Waals surface area (Å²) in [6, 6.07) is 7.11. The lowest BCUT2D eigenvalue weighted by Gasteiger charge is -2.13. The van der Waals surface area contributed by atoms with Gasteiger partial charge >= 0.3 is 0 Å². The van der Waals surface area contributed by atoms with Crippen LogP contribution in [0.2, 0.25) is 0 Å². The lowest BCUT2D eigenvalue weighted by Crippen LogP contribution is -2.06. The molecule has 0 aliphatic carbocycles. The van der Waals surface area contributed by atoms with Crippen LogP contribution in [-0.4, -0.2) is 34.6 Å². The number of hydrogen-bond donors (Lipinski definition) is 1. The minimum absolute atomic E-state index is 0.226. The molecule has 1 aromatic carbocycles. The highest BCUT2D eigenvalue weighted by Gasteiger charge is 2.19. The zero-order valence-corrected chi connectivity index (χ0v) is 14.8. The molecule has 0 unspecified atom stereocenters. The van der Waals surface area contributed by atoms with Gasteiger partial charge in [-0.3, -0.25) is 9.78 Å². The summed E-state index contributed by atoms with van der Waals surface area (Å²) in [5.74, 6) is -0.506. The van der Waals surface area contributed by atoms with Gasteiger partial charge in [-0.25, -0.2) is 13.9 Å². The van der Waals surface area contributed by atoms with Gasteiger partial charge in [-0.05, 0) is 29.8 Å². The zero-order valence-electron chi connectivity index (χ0n) is 14.8. The van der Waals surface area contributed by atoms with Gasteiger partial charge in [0, 0.05) is 30.1 Å². The van der Waals surface area contributed by atoms with Crippen molar-refractivity contribution in [3.05, 3.63) is 66.1 Å². The predicted molar refractivity (Wildman–Crippen MR) is 98.8 cm³/mol. The van der Waals surface area contributed by atoms with Crippen LogP contribution in [-0.2, 0) is 7.05 Å². The smallest absolute Gasteiger partial charge is 0.153 e. The molecule has 0 amide bonds. The molecule has 5 rings (SSSR count). The number of rotatable bonds is 3. The molecule has 0 fully saturated rings. The van der Waals surface area contributed by atoms with E-state index in [1.807, 2.05) is 38.4 Å².